The van der Waals surface area contributed by atoms with Crippen molar-refractivity contribution in [2.24, 2.45) is 11.3 Å². The summed E-state index contributed by atoms with van der Waals surface area (Å²) in [5.74, 6) is 0.290. The fourth-order valence-electron chi connectivity index (χ4n) is 3.38. The zero-order chi connectivity index (χ0) is 15.3. The van der Waals surface area contributed by atoms with Gasteiger partial charge in [-0.05, 0) is 32.7 Å². The zero-order valence-corrected chi connectivity index (χ0v) is 13.4. The fourth-order valence-corrected chi connectivity index (χ4v) is 3.38. The van der Waals surface area contributed by atoms with Gasteiger partial charge in [0.05, 0.1) is 31.2 Å². The maximum absolute atomic E-state index is 12.3. The van der Waals surface area contributed by atoms with E-state index in [0.717, 1.165) is 45.3 Å². The molecular weight excluding hydrogens is 268 g/mol. The molecule has 0 aromatic rings. The van der Waals surface area contributed by atoms with Gasteiger partial charge in [-0.2, -0.15) is 0 Å². The molecule has 1 amide bonds. The van der Waals surface area contributed by atoms with E-state index in [1.165, 1.54) is 0 Å². The van der Waals surface area contributed by atoms with Crippen LogP contribution >= 0.6 is 0 Å². The predicted molar refractivity (Wildman–Crippen MR) is 82.0 cm³/mol. The van der Waals surface area contributed by atoms with E-state index < -0.39 is 0 Å². The van der Waals surface area contributed by atoms with Gasteiger partial charge in [0.1, 0.15) is 0 Å². The second kappa shape index (κ2) is 7.56. The SMILES string of the molecule is CCCC(C)NC(=O)C1CCCN(CC2(CO)COC2)C1. The number of hydrogen-bond acceptors (Lipinski definition) is 4. The number of rotatable bonds is 7. The van der Waals surface area contributed by atoms with Gasteiger partial charge in [0, 0.05) is 19.1 Å². The molecule has 2 unspecified atom stereocenters. The molecule has 2 saturated heterocycles. The summed E-state index contributed by atoms with van der Waals surface area (Å²) in [6.07, 6.45) is 4.16. The Hall–Kier alpha value is -0.650. The molecule has 21 heavy (non-hydrogen) atoms. The number of carbonyl (C=O) groups excluding carboxylic acids is 1. The van der Waals surface area contributed by atoms with Crippen molar-refractivity contribution in [3.63, 3.8) is 0 Å². The molecule has 0 bridgehead atoms. The van der Waals surface area contributed by atoms with Crippen LogP contribution in [0.4, 0.5) is 0 Å². The maximum atomic E-state index is 12.3. The number of ether oxygens (including phenoxy) is 1. The summed E-state index contributed by atoms with van der Waals surface area (Å²) < 4.78 is 5.26. The molecule has 0 spiro atoms. The molecule has 2 N–H and O–H groups in total. The molecule has 2 aliphatic heterocycles. The van der Waals surface area contributed by atoms with Crippen LogP contribution in [-0.2, 0) is 9.53 Å². The number of aliphatic hydroxyl groups excluding tert-OH is 1. The number of amides is 1. The summed E-state index contributed by atoms with van der Waals surface area (Å²) in [6.45, 7) is 8.36. The molecule has 0 aromatic heterocycles. The van der Waals surface area contributed by atoms with E-state index in [2.05, 4.69) is 24.1 Å². The number of hydrogen-bond donors (Lipinski definition) is 2. The van der Waals surface area contributed by atoms with Gasteiger partial charge in [-0.15, -0.1) is 0 Å². The lowest BCUT2D eigenvalue weighted by atomic mass is 9.85. The normalized spacial score (nSPS) is 26.9. The minimum absolute atomic E-state index is 0.0894. The minimum Gasteiger partial charge on any atom is -0.396 e. The summed E-state index contributed by atoms with van der Waals surface area (Å²) in [5, 5.41) is 12.7. The molecule has 122 valence electrons. The molecule has 5 nitrogen and oxygen atoms in total. The summed E-state index contributed by atoms with van der Waals surface area (Å²) in [4.78, 5) is 14.7. The fraction of sp³-hybridized carbons (Fsp3) is 0.938. The first-order valence-corrected chi connectivity index (χ1v) is 8.30. The molecule has 2 aliphatic rings. The van der Waals surface area contributed by atoms with Crippen molar-refractivity contribution in [1.29, 1.82) is 0 Å². The van der Waals surface area contributed by atoms with E-state index in [4.69, 9.17) is 4.74 Å². The number of carbonyl (C=O) groups is 1. The summed E-state index contributed by atoms with van der Waals surface area (Å²) in [5.41, 5.74) is -0.0894. The van der Waals surface area contributed by atoms with E-state index in [-0.39, 0.29) is 29.9 Å². The second-order valence-electron chi connectivity index (χ2n) is 6.92. The summed E-state index contributed by atoms with van der Waals surface area (Å²) >= 11 is 0. The highest BCUT2D eigenvalue weighted by Crippen LogP contribution is 2.30. The van der Waals surface area contributed by atoms with Crippen molar-refractivity contribution < 1.29 is 14.6 Å². The zero-order valence-electron chi connectivity index (χ0n) is 13.4. The van der Waals surface area contributed by atoms with Crippen molar-refractivity contribution >= 4 is 5.91 Å². The third-order valence-electron chi connectivity index (χ3n) is 4.70. The van der Waals surface area contributed by atoms with Crippen molar-refractivity contribution in [3.8, 4) is 0 Å². The van der Waals surface area contributed by atoms with Gasteiger partial charge in [-0.3, -0.25) is 4.79 Å². The number of nitrogens with zero attached hydrogens (tertiary/aromatic N) is 1. The van der Waals surface area contributed by atoms with Gasteiger partial charge in [0.2, 0.25) is 5.91 Å². The lowest BCUT2D eigenvalue weighted by molar-refractivity contribution is -0.152. The number of likely N-dealkylation sites (tertiary alicyclic amines) is 1. The van der Waals surface area contributed by atoms with E-state index in [9.17, 15) is 9.90 Å². The van der Waals surface area contributed by atoms with Crippen molar-refractivity contribution in [2.45, 2.75) is 45.6 Å². The molecule has 2 heterocycles. The van der Waals surface area contributed by atoms with Crippen LogP contribution in [-0.4, -0.2) is 61.4 Å². The molecule has 0 radical (unpaired) electrons. The van der Waals surface area contributed by atoms with Gasteiger partial charge in [-0.1, -0.05) is 13.3 Å². The lowest BCUT2D eigenvalue weighted by Crippen LogP contribution is -2.55. The van der Waals surface area contributed by atoms with E-state index in [0.29, 0.717) is 13.2 Å². The Balaban J connectivity index is 1.81. The third kappa shape index (κ3) is 4.41. The monoisotopic (exact) mass is 298 g/mol. The average molecular weight is 298 g/mol. The predicted octanol–water partition coefficient (Wildman–Crippen LogP) is 1.01. The molecule has 5 heteroatoms. The van der Waals surface area contributed by atoms with Crippen LogP contribution in [0.15, 0.2) is 0 Å². The highest BCUT2D eigenvalue weighted by molar-refractivity contribution is 5.79. The lowest BCUT2D eigenvalue weighted by Gasteiger charge is -2.45. The number of aliphatic hydroxyl groups is 1. The Morgan fingerprint density at radius 1 is 1.52 bits per heavy atom. The molecule has 2 fully saturated rings. The Morgan fingerprint density at radius 2 is 2.29 bits per heavy atom. The van der Waals surface area contributed by atoms with E-state index in [1.54, 1.807) is 0 Å². The smallest absolute Gasteiger partial charge is 0.224 e. The molecule has 2 rings (SSSR count). The van der Waals surface area contributed by atoms with Crippen molar-refractivity contribution in [1.82, 2.24) is 10.2 Å². The van der Waals surface area contributed by atoms with Gasteiger partial charge in [-0.25, -0.2) is 0 Å². The van der Waals surface area contributed by atoms with Crippen LogP contribution < -0.4 is 5.32 Å². The van der Waals surface area contributed by atoms with E-state index in [1.807, 2.05) is 0 Å². The van der Waals surface area contributed by atoms with Crippen LogP contribution in [0.5, 0.6) is 0 Å². The largest absolute Gasteiger partial charge is 0.396 e. The van der Waals surface area contributed by atoms with Gasteiger partial charge >= 0.3 is 0 Å². The first kappa shape index (κ1) is 16.7. The third-order valence-corrected chi connectivity index (χ3v) is 4.70. The Morgan fingerprint density at radius 3 is 2.86 bits per heavy atom. The topological polar surface area (TPSA) is 61.8 Å². The molecule has 0 aliphatic carbocycles. The Labute approximate surface area is 128 Å². The number of piperidine rings is 1. The molecular formula is C16H30N2O3. The first-order chi connectivity index (χ1) is 10.1. The summed E-state index contributed by atoms with van der Waals surface area (Å²) in [7, 11) is 0. The highest BCUT2D eigenvalue weighted by Gasteiger charge is 2.40. The Kier molecular flexibility index (Phi) is 6.02. The van der Waals surface area contributed by atoms with Crippen molar-refractivity contribution in [3.05, 3.63) is 0 Å². The molecule has 0 saturated carbocycles. The first-order valence-electron chi connectivity index (χ1n) is 8.30. The van der Waals surface area contributed by atoms with Crippen LogP contribution in [0.2, 0.25) is 0 Å². The van der Waals surface area contributed by atoms with Crippen molar-refractivity contribution in [2.75, 3.05) is 39.5 Å². The van der Waals surface area contributed by atoms with Crippen LogP contribution in [0.1, 0.15) is 39.5 Å². The quantitative estimate of drug-likeness (QED) is 0.736. The van der Waals surface area contributed by atoms with Crippen LogP contribution in [0, 0.1) is 11.3 Å². The van der Waals surface area contributed by atoms with Gasteiger partial charge < -0.3 is 20.1 Å². The number of nitrogens with one attached hydrogen (secondary N) is 1. The summed E-state index contributed by atoms with van der Waals surface area (Å²) in [6, 6.07) is 0.265. The van der Waals surface area contributed by atoms with Gasteiger partial charge in [0.25, 0.3) is 0 Å². The van der Waals surface area contributed by atoms with Gasteiger partial charge in [0.15, 0.2) is 0 Å². The van der Waals surface area contributed by atoms with Crippen LogP contribution in [0.3, 0.4) is 0 Å². The van der Waals surface area contributed by atoms with E-state index >= 15 is 0 Å². The minimum atomic E-state index is -0.0894. The highest BCUT2D eigenvalue weighted by atomic mass is 16.5. The molecule has 2 atom stereocenters. The standard InChI is InChI=1S/C16H30N2O3/c1-3-5-13(2)17-15(20)14-6-4-7-18(8-14)9-16(10-19)11-21-12-16/h13-14,19H,3-12H2,1-2H3,(H,17,20). The average Bonchev–Trinajstić information content (AvgIpc) is 2.43. The molecule has 0 aromatic carbocycles. The maximum Gasteiger partial charge on any atom is 0.224 e. The Bertz CT molecular complexity index is 339. The second-order valence-corrected chi connectivity index (χ2v) is 6.92. The van der Waals surface area contributed by atoms with Crippen LogP contribution in [0.25, 0.3) is 0 Å².